The molecule has 2 N–H and O–H groups in total. The van der Waals surface area contributed by atoms with Crippen LogP contribution in [0, 0.1) is 5.92 Å². The van der Waals surface area contributed by atoms with Crippen molar-refractivity contribution < 1.29 is 4.79 Å². The van der Waals surface area contributed by atoms with Crippen molar-refractivity contribution in [1.82, 2.24) is 4.90 Å². The van der Waals surface area contributed by atoms with E-state index in [1.54, 1.807) is 6.92 Å². The molecule has 2 fully saturated rings. The molecule has 4 nitrogen and oxygen atoms in total. The molecular formula is C17H24ClN3O. The first-order valence-electron chi connectivity index (χ1n) is 8.12. The van der Waals surface area contributed by atoms with Gasteiger partial charge in [0.2, 0.25) is 5.91 Å². The fourth-order valence-corrected chi connectivity index (χ4v) is 3.57. The normalized spacial score (nSPS) is 21.7. The average Bonchev–Trinajstić information content (AvgIpc) is 2.91. The predicted molar refractivity (Wildman–Crippen MR) is 91.2 cm³/mol. The highest BCUT2D eigenvalue weighted by atomic mass is 35.5. The van der Waals surface area contributed by atoms with E-state index in [-0.39, 0.29) is 5.91 Å². The van der Waals surface area contributed by atoms with E-state index >= 15 is 0 Å². The molecular weight excluding hydrogens is 298 g/mol. The summed E-state index contributed by atoms with van der Waals surface area (Å²) in [6.07, 6.45) is 4.98. The second kappa shape index (κ2) is 6.37. The van der Waals surface area contributed by atoms with E-state index in [0.717, 1.165) is 37.7 Å². The Balaban J connectivity index is 1.80. The highest BCUT2D eigenvalue weighted by molar-refractivity contribution is 6.33. The third kappa shape index (κ3) is 3.17. The van der Waals surface area contributed by atoms with Crippen molar-refractivity contribution >= 4 is 28.9 Å². The lowest BCUT2D eigenvalue weighted by atomic mass is 9.84. The SMILES string of the molecule is CC(=O)N1CCC(N(CC2CCC2)c2ccc(N)c(Cl)c2)C1. The number of rotatable bonds is 4. The average molecular weight is 322 g/mol. The zero-order chi connectivity index (χ0) is 15.7. The minimum absolute atomic E-state index is 0.168. The molecule has 1 aromatic rings. The molecule has 0 bridgehead atoms. The van der Waals surface area contributed by atoms with E-state index in [9.17, 15) is 4.79 Å². The molecule has 1 heterocycles. The summed E-state index contributed by atoms with van der Waals surface area (Å²) in [6, 6.07) is 6.27. The number of halogens is 1. The molecule has 120 valence electrons. The van der Waals surface area contributed by atoms with Gasteiger partial charge in [0, 0.05) is 38.3 Å². The number of hydrogen-bond donors (Lipinski definition) is 1. The van der Waals surface area contributed by atoms with Crippen molar-refractivity contribution in [2.45, 2.75) is 38.6 Å². The van der Waals surface area contributed by atoms with E-state index in [1.165, 1.54) is 19.3 Å². The van der Waals surface area contributed by atoms with Gasteiger partial charge in [-0.3, -0.25) is 4.79 Å². The molecule has 5 heteroatoms. The Hall–Kier alpha value is -1.42. The molecule has 1 aromatic carbocycles. The molecule has 1 aliphatic carbocycles. The Morgan fingerprint density at radius 3 is 2.73 bits per heavy atom. The molecule has 1 saturated heterocycles. The van der Waals surface area contributed by atoms with Crippen LogP contribution in [0.15, 0.2) is 18.2 Å². The zero-order valence-electron chi connectivity index (χ0n) is 13.1. The molecule has 1 saturated carbocycles. The summed E-state index contributed by atoms with van der Waals surface area (Å²) in [5.74, 6) is 0.934. The highest BCUT2D eigenvalue weighted by Crippen LogP contribution is 2.33. The second-order valence-electron chi connectivity index (χ2n) is 6.56. The minimum atomic E-state index is 0.168. The van der Waals surface area contributed by atoms with Gasteiger partial charge in [0.1, 0.15) is 0 Å². The summed E-state index contributed by atoms with van der Waals surface area (Å²) in [5.41, 5.74) is 7.58. The van der Waals surface area contributed by atoms with Gasteiger partial charge < -0.3 is 15.5 Å². The topological polar surface area (TPSA) is 49.6 Å². The number of carbonyl (C=O) groups excluding carboxylic acids is 1. The van der Waals surface area contributed by atoms with Crippen LogP contribution in [0.25, 0.3) is 0 Å². The van der Waals surface area contributed by atoms with Crippen LogP contribution in [0.4, 0.5) is 11.4 Å². The monoisotopic (exact) mass is 321 g/mol. The van der Waals surface area contributed by atoms with Crippen LogP contribution in [-0.4, -0.2) is 36.5 Å². The number of nitrogens with zero attached hydrogens (tertiary/aromatic N) is 2. The van der Waals surface area contributed by atoms with Crippen LogP contribution in [0.5, 0.6) is 0 Å². The fraction of sp³-hybridized carbons (Fsp3) is 0.588. The van der Waals surface area contributed by atoms with E-state index in [4.69, 9.17) is 17.3 Å². The largest absolute Gasteiger partial charge is 0.398 e. The number of benzene rings is 1. The van der Waals surface area contributed by atoms with E-state index in [1.807, 2.05) is 17.0 Å². The second-order valence-corrected chi connectivity index (χ2v) is 6.97. The summed E-state index contributed by atoms with van der Waals surface area (Å²) in [4.78, 5) is 16.0. The Labute approximate surface area is 137 Å². The molecule has 1 aliphatic heterocycles. The van der Waals surface area contributed by atoms with Crippen molar-refractivity contribution in [3.63, 3.8) is 0 Å². The number of nitrogen functional groups attached to an aromatic ring is 1. The van der Waals surface area contributed by atoms with Gasteiger partial charge in [-0.1, -0.05) is 18.0 Å². The van der Waals surface area contributed by atoms with Gasteiger partial charge in [-0.05, 0) is 43.4 Å². The predicted octanol–water partition coefficient (Wildman–Crippen LogP) is 3.15. The number of amides is 1. The number of likely N-dealkylation sites (tertiary alicyclic amines) is 1. The van der Waals surface area contributed by atoms with Crippen LogP contribution < -0.4 is 10.6 Å². The van der Waals surface area contributed by atoms with E-state index < -0.39 is 0 Å². The Kier molecular flexibility index (Phi) is 4.48. The molecule has 2 aliphatic rings. The van der Waals surface area contributed by atoms with Crippen molar-refractivity contribution in [2.24, 2.45) is 5.92 Å². The third-order valence-corrected chi connectivity index (χ3v) is 5.37. The van der Waals surface area contributed by atoms with Crippen molar-refractivity contribution in [3.8, 4) is 0 Å². The number of nitrogens with two attached hydrogens (primary N) is 1. The van der Waals surface area contributed by atoms with Gasteiger partial charge >= 0.3 is 0 Å². The molecule has 22 heavy (non-hydrogen) atoms. The molecule has 1 unspecified atom stereocenters. The van der Waals surface area contributed by atoms with Crippen LogP contribution in [0.3, 0.4) is 0 Å². The summed E-state index contributed by atoms with van der Waals surface area (Å²) >= 11 is 6.21. The number of carbonyl (C=O) groups is 1. The highest BCUT2D eigenvalue weighted by Gasteiger charge is 2.32. The van der Waals surface area contributed by atoms with Crippen molar-refractivity contribution in [1.29, 1.82) is 0 Å². The first-order valence-corrected chi connectivity index (χ1v) is 8.49. The van der Waals surface area contributed by atoms with Crippen LogP contribution >= 0.6 is 11.6 Å². The maximum absolute atomic E-state index is 11.6. The van der Waals surface area contributed by atoms with E-state index in [2.05, 4.69) is 11.0 Å². The molecule has 0 aromatic heterocycles. The molecule has 1 amide bonds. The van der Waals surface area contributed by atoms with Crippen LogP contribution in [0.1, 0.15) is 32.6 Å². The van der Waals surface area contributed by atoms with Gasteiger partial charge in [0.25, 0.3) is 0 Å². The first kappa shape index (κ1) is 15.5. The summed E-state index contributed by atoms with van der Waals surface area (Å²) in [6.45, 7) is 4.36. The van der Waals surface area contributed by atoms with Crippen LogP contribution in [0.2, 0.25) is 5.02 Å². The van der Waals surface area contributed by atoms with Gasteiger partial charge in [-0.2, -0.15) is 0 Å². The lowest BCUT2D eigenvalue weighted by Crippen LogP contribution is -2.42. The molecule has 0 spiro atoms. The minimum Gasteiger partial charge on any atom is -0.398 e. The fourth-order valence-electron chi connectivity index (χ4n) is 3.40. The first-order chi connectivity index (χ1) is 10.5. The van der Waals surface area contributed by atoms with Crippen LogP contribution in [-0.2, 0) is 4.79 Å². The molecule has 1 atom stereocenters. The van der Waals surface area contributed by atoms with Crippen molar-refractivity contribution in [3.05, 3.63) is 23.2 Å². The summed E-state index contributed by atoms with van der Waals surface area (Å²) in [5, 5.41) is 0.609. The Morgan fingerprint density at radius 2 is 2.18 bits per heavy atom. The zero-order valence-corrected chi connectivity index (χ0v) is 13.9. The Morgan fingerprint density at radius 1 is 1.41 bits per heavy atom. The third-order valence-electron chi connectivity index (χ3n) is 5.04. The summed E-state index contributed by atoms with van der Waals surface area (Å²) < 4.78 is 0. The van der Waals surface area contributed by atoms with Gasteiger partial charge in [-0.15, -0.1) is 0 Å². The Bertz CT molecular complexity index is 559. The lowest BCUT2D eigenvalue weighted by Gasteiger charge is -2.37. The summed E-state index contributed by atoms with van der Waals surface area (Å²) in [7, 11) is 0. The van der Waals surface area contributed by atoms with Crippen molar-refractivity contribution in [2.75, 3.05) is 30.3 Å². The molecule has 0 radical (unpaired) electrons. The maximum Gasteiger partial charge on any atom is 0.219 e. The van der Waals surface area contributed by atoms with Gasteiger partial charge in [0.15, 0.2) is 0 Å². The van der Waals surface area contributed by atoms with Gasteiger partial charge in [-0.25, -0.2) is 0 Å². The number of anilines is 2. The lowest BCUT2D eigenvalue weighted by molar-refractivity contribution is -0.127. The standard InChI is InChI=1S/C17H24ClN3O/c1-12(22)20-8-7-15(11-20)21(10-13-3-2-4-13)14-5-6-17(19)16(18)9-14/h5-6,9,13,15H,2-4,7-8,10-11,19H2,1H3. The molecule has 3 rings (SSSR count). The maximum atomic E-state index is 11.6. The quantitative estimate of drug-likeness (QED) is 0.867. The smallest absolute Gasteiger partial charge is 0.219 e. The number of hydrogen-bond acceptors (Lipinski definition) is 3. The van der Waals surface area contributed by atoms with E-state index in [0.29, 0.717) is 16.8 Å². The van der Waals surface area contributed by atoms with Gasteiger partial charge in [0.05, 0.1) is 10.7 Å².